The zero-order valence-electron chi connectivity index (χ0n) is 12.8. The standard InChI is InChI=1S/C19H19NO2/c1-15-10-11-18(16(2)13-15)9-6-12-20-19(21)22-14-17-7-4-3-5-8-17/h3-5,7-8,10-11,13H,12,14H2,1-2H3,(H,20,21). The first kappa shape index (κ1) is 15.7. The van der Waals surface area contributed by atoms with Gasteiger partial charge in [0, 0.05) is 5.56 Å². The third-order valence-corrected chi connectivity index (χ3v) is 3.14. The lowest BCUT2D eigenvalue weighted by Gasteiger charge is -2.04. The van der Waals surface area contributed by atoms with Crippen LogP contribution in [0.1, 0.15) is 22.3 Å². The number of carbonyl (C=O) groups is 1. The Bertz CT molecular complexity index is 696. The summed E-state index contributed by atoms with van der Waals surface area (Å²) in [6.45, 7) is 4.60. The Morgan fingerprint density at radius 2 is 1.91 bits per heavy atom. The number of carbonyl (C=O) groups excluding carboxylic acids is 1. The van der Waals surface area contributed by atoms with E-state index in [1.165, 1.54) is 5.56 Å². The van der Waals surface area contributed by atoms with E-state index in [0.29, 0.717) is 0 Å². The number of amides is 1. The molecule has 0 heterocycles. The van der Waals surface area contributed by atoms with Crippen molar-refractivity contribution >= 4 is 6.09 Å². The van der Waals surface area contributed by atoms with E-state index < -0.39 is 6.09 Å². The second kappa shape index (κ2) is 7.90. The maximum atomic E-state index is 11.5. The van der Waals surface area contributed by atoms with Gasteiger partial charge in [-0.3, -0.25) is 0 Å². The minimum Gasteiger partial charge on any atom is -0.445 e. The van der Waals surface area contributed by atoms with Crippen LogP contribution in [0.15, 0.2) is 48.5 Å². The first-order valence-electron chi connectivity index (χ1n) is 7.16. The second-order valence-corrected chi connectivity index (χ2v) is 5.04. The maximum Gasteiger partial charge on any atom is 0.408 e. The van der Waals surface area contributed by atoms with E-state index in [1.54, 1.807) is 0 Å². The van der Waals surface area contributed by atoms with Gasteiger partial charge in [-0.05, 0) is 31.0 Å². The van der Waals surface area contributed by atoms with Crippen molar-refractivity contribution < 1.29 is 9.53 Å². The largest absolute Gasteiger partial charge is 0.445 e. The first-order valence-corrected chi connectivity index (χ1v) is 7.16. The number of alkyl carbamates (subject to hydrolysis) is 1. The summed E-state index contributed by atoms with van der Waals surface area (Å²) in [4.78, 5) is 11.5. The van der Waals surface area contributed by atoms with E-state index in [9.17, 15) is 4.79 Å². The zero-order valence-corrected chi connectivity index (χ0v) is 12.8. The van der Waals surface area contributed by atoms with Crippen molar-refractivity contribution in [2.24, 2.45) is 0 Å². The van der Waals surface area contributed by atoms with Gasteiger partial charge in [-0.1, -0.05) is 59.9 Å². The maximum absolute atomic E-state index is 11.5. The molecule has 2 rings (SSSR count). The normalized spacial score (nSPS) is 9.55. The molecule has 1 N–H and O–H groups in total. The highest BCUT2D eigenvalue weighted by molar-refractivity contribution is 5.67. The highest BCUT2D eigenvalue weighted by Crippen LogP contribution is 2.08. The Labute approximate surface area is 131 Å². The Hall–Kier alpha value is -2.73. The third kappa shape index (κ3) is 4.99. The van der Waals surface area contributed by atoms with Gasteiger partial charge >= 0.3 is 6.09 Å². The number of hydrogen-bond acceptors (Lipinski definition) is 2. The van der Waals surface area contributed by atoms with Crippen LogP contribution in [-0.4, -0.2) is 12.6 Å². The van der Waals surface area contributed by atoms with Crippen molar-refractivity contribution in [1.29, 1.82) is 0 Å². The third-order valence-electron chi connectivity index (χ3n) is 3.14. The highest BCUT2D eigenvalue weighted by Gasteiger charge is 2.00. The molecule has 0 aromatic heterocycles. The number of nitrogens with one attached hydrogen (secondary N) is 1. The summed E-state index contributed by atoms with van der Waals surface area (Å²) in [5.41, 5.74) is 4.29. The van der Waals surface area contributed by atoms with E-state index in [4.69, 9.17) is 4.74 Å². The SMILES string of the molecule is Cc1ccc(C#CCNC(=O)OCc2ccccc2)c(C)c1. The molecule has 3 nitrogen and oxygen atoms in total. The molecule has 0 atom stereocenters. The molecule has 22 heavy (non-hydrogen) atoms. The molecule has 0 saturated carbocycles. The van der Waals surface area contributed by atoms with Gasteiger partial charge in [-0.2, -0.15) is 0 Å². The smallest absolute Gasteiger partial charge is 0.408 e. The van der Waals surface area contributed by atoms with Crippen LogP contribution >= 0.6 is 0 Å². The molecule has 0 aliphatic heterocycles. The molecule has 2 aromatic carbocycles. The van der Waals surface area contributed by atoms with Gasteiger partial charge in [-0.25, -0.2) is 4.79 Å². The van der Waals surface area contributed by atoms with Crippen LogP contribution in [0.25, 0.3) is 0 Å². The molecule has 0 bridgehead atoms. The lowest BCUT2D eigenvalue weighted by molar-refractivity contribution is 0.141. The minimum absolute atomic E-state index is 0.261. The van der Waals surface area contributed by atoms with E-state index in [2.05, 4.69) is 30.1 Å². The van der Waals surface area contributed by atoms with Gasteiger partial charge in [-0.15, -0.1) is 0 Å². The van der Waals surface area contributed by atoms with Gasteiger partial charge in [0.25, 0.3) is 0 Å². The summed E-state index contributed by atoms with van der Waals surface area (Å²) >= 11 is 0. The Morgan fingerprint density at radius 1 is 1.14 bits per heavy atom. The molecule has 0 saturated heterocycles. The van der Waals surface area contributed by atoms with Crippen molar-refractivity contribution in [1.82, 2.24) is 5.32 Å². The van der Waals surface area contributed by atoms with Crippen LogP contribution in [0.4, 0.5) is 4.79 Å². The fourth-order valence-electron chi connectivity index (χ4n) is 1.98. The van der Waals surface area contributed by atoms with Crippen molar-refractivity contribution in [3.05, 3.63) is 70.8 Å². The number of aryl methyl sites for hydroxylation is 2. The van der Waals surface area contributed by atoms with Gasteiger partial charge in [0.15, 0.2) is 0 Å². The first-order chi connectivity index (χ1) is 10.6. The van der Waals surface area contributed by atoms with Crippen LogP contribution in [0, 0.1) is 25.7 Å². The fourth-order valence-corrected chi connectivity index (χ4v) is 1.98. The number of benzene rings is 2. The van der Waals surface area contributed by atoms with Crippen molar-refractivity contribution in [3.8, 4) is 11.8 Å². The molecule has 112 valence electrons. The molecule has 0 unspecified atom stereocenters. The predicted octanol–water partition coefficient (Wildman–Crippen LogP) is 3.58. The average molecular weight is 293 g/mol. The zero-order chi connectivity index (χ0) is 15.8. The number of ether oxygens (including phenoxy) is 1. The van der Waals surface area contributed by atoms with Crippen LogP contribution in [0.2, 0.25) is 0 Å². The molecule has 2 aromatic rings. The van der Waals surface area contributed by atoms with Gasteiger partial charge in [0.2, 0.25) is 0 Å². The summed E-state index contributed by atoms with van der Waals surface area (Å²) in [6.07, 6.45) is -0.459. The van der Waals surface area contributed by atoms with Gasteiger partial charge in [0.05, 0.1) is 6.54 Å². The van der Waals surface area contributed by atoms with E-state index in [0.717, 1.165) is 16.7 Å². The topological polar surface area (TPSA) is 38.3 Å². The van der Waals surface area contributed by atoms with E-state index in [1.807, 2.05) is 49.4 Å². The van der Waals surface area contributed by atoms with Crippen molar-refractivity contribution in [2.75, 3.05) is 6.54 Å². The summed E-state index contributed by atoms with van der Waals surface area (Å²) in [6, 6.07) is 15.7. The molecule has 0 aliphatic carbocycles. The molecular weight excluding hydrogens is 274 g/mol. The van der Waals surface area contributed by atoms with Crippen LogP contribution in [0.3, 0.4) is 0 Å². The molecule has 0 radical (unpaired) electrons. The summed E-state index contributed by atoms with van der Waals surface area (Å²) < 4.78 is 5.10. The quantitative estimate of drug-likeness (QED) is 0.878. The van der Waals surface area contributed by atoms with Crippen LogP contribution < -0.4 is 5.32 Å². The van der Waals surface area contributed by atoms with Crippen molar-refractivity contribution in [3.63, 3.8) is 0 Å². The average Bonchev–Trinajstić information content (AvgIpc) is 2.52. The van der Waals surface area contributed by atoms with Crippen LogP contribution in [0.5, 0.6) is 0 Å². The van der Waals surface area contributed by atoms with Crippen molar-refractivity contribution in [2.45, 2.75) is 20.5 Å². The lowest BCUT2D eigenvalue weighted by atomic mass is 10.1. The summed E-state index contributed by atoms with van der Waals surface area (Å²) in [7, 11) is 0. The van der Waals surface area contributed by atoms with Crippen LogP contribution in [-0.2, 0) is 11.3 Å². The van der Waals surface area contributed by atoms with E-state index >= 15 is 0 Å². The highest BCUT2D eigenvalue weighted by atomic mass is 16.5. The fraction of sp³-hybridized carbons (Fsp3) is 0.211. The van der Waals surface area contributed by atoms with Gasteiger partial charge < -0.3 is 10.1 Å². The molecular formula is C19H19NO2. The number of rotatable bonds is 3. The molecule has 0 fully saturated rings. The summed E-state index contributed by atoms with van der Waals surface area (Å²) in [5, 5.41) is 2.62. The Morgan fingerprint density at radius 3 is 2.64 bits per heavy atom. The molecule has 0 aliphatic rings. The van der Waals surface area contributed by atoms with Gasteiger partial charge in [0.1, 0.15) is 6.61 Å². The molecule has 0 spiro atoms. The Kier molecular flexibility index (Phi) is 5.62. The second-order valence-electron chi connectivity index (χ2n) is 5.04. The monoisotopic (exact) mass is 293 g/mol. The van der Waals surface area contributed by atoms with E-state index in [-0.39, 0.29) is 13.2 Å². The Balaban J connectivity index is 1.76. The summed E-state index contributed by atoms with van der Waals surface area (Å²) in [5.74, 6) is 5.98. The lowest BCUT2D eigenvalue weighted by Crippen LogP contribution is -2.24. The minimum atomic E-state index is -0.459. The predicted molar refractivity (Wildman–Crippen MR) is 87.4 cm³/mol. The number of hydrogen-bond donors (Lipinski definition) is 1. The molecule has 1 amide bonds. The molecule has 3 heteroatoms.